The monoisotopic (exact) mass is 362 g/mol. The molecule has 0 spiro atoms. The predicted molar refractivity (Wildman–Crippen MR) is 74.7 cm³/mol. The fourth-order valence-electron chi connectivity index (χ4n) is 2.08. The Morgan fingerprint density at radius 2 is 1.71 bits per heavy atom. The Bertz CT molecular complexity index is 643. The molecule has 2 rings (SSSR count). The molecule has 0 aromatic heterocycles. The Balaban J connectivity index is 2.61. The molecule has 1 atom stereocenters. The minimum absolute atomic E-state index is 0.0489. The van der Waals surface area contributed by atoms with Crippen LogP contribution < -0.4 is 11.3 Å². The standard InChI is InChI=1S/C14H11BrF4N2/c15-8-5-6-9(11(7-8)14(17,18)19)13(21-20)10-3-1-2-4-12(10)16/h1-7,13,21H,20H2. The van der Waals surface area contributed by atoms with Crippen molar-refractivity contribution in [3.8, 4) is 0 Å². The molecule has 0 saturated carbocycles. The van der Waals surface area contributed by atoms with Crippen LogP contribution in [0.15, 0.2) is 46.9 Å². The zero-order chi connectivity index (χ0) is 15.6. The van der Waals surface area contributed by atoms with Crippen LogP contribution in [0.3, 0.4) is 0 Å². The summed E-state index contributed by atoms with van der Waals surface area (Å²) < 4.78 is 53.6. The van der Waals surface area contributed by atoms with Crippen LogP contribution in [0.4, 0.5) is 17.6 Å². The van der Waals surface area contributed by atoms with Gasteiger partial charge in [-0.15, -0.1) is 0 Å². The fraction of sp³-hybridized carbons (Fsp3) is 0.143. The second-order valence-electron chi connectivity index (χ2n) is 4.35. The lowest BCUT2D eigenvalue weighted by Gasteiger charge is -2.22. The van der Waals surface area contributed by atoms with Crippen molar-refractivity contribution in [1.82, 2.24) is 5.43 Å². The smallest absolute Gasteiger partial charge is 0.271 e. The van der Waals surface area contributed by atoms with E-state index >= 15 is 0 Å². The molecule has 21 heavy (non-hydrogen) atoms. The van der Waals surface area contributed by atoms with Gasteiger partial charge in [-0.2, -0.15) is 13.2 Å². The average molecular weight is 363 g/mol. The topological polar surface area (TPSA) is 38.0 Å². The van der Waals surface area contributed by atoms with E-state index in [1.807, 2.05) is 0 Å². The summed E-state index contributed by atoms with van der Waals surface area (Å²) in [5, 5.41) is 0. The molecule has 112 valence electrons. The summed E-state index contributed by atoms with van der Waals surface area (Å²) in [6, 6.07) is 8.12. The van der Waals surface area contributed by atoms with Crippen LogP contribution in [-0.4, -0.2) is 0 Å². The van der Waals surface area contributed by atoms with Gasteiger partial charge >= 0.3 is 6.18 Å². The highest BCUT2D eigenvalue weighted by atomic mass is 79.9. The van der Waals surface area contributed by atoms with Gasteiger partial charge in [0.1, 0.15) is 5.82 Å². The van der Waals surface area contributed by atoms with Crippen molar-refractivity contribution in [3.63, 3.8) is 0 Å². The molecule has 0 radical (unpaired) electrons. The predicted octanol–water partition coefficient (Wildman–Crippen LogP) is 4.16. The summed E-state index contributed by atoms with van der Waals surface area (Å²) in [5.41, 5.74) is 1.29. The van der Waals surface area contributed by atoms with Gasteiger partial charge in [0, 0.05) is 10.0 Å². The maximum Gasteiger partial charge on any atom is 0.416 e. The van der Waals surface area contributed by atoms with E-state index in [0.29, 0.717) is 0 Å². The lowest BCUT2D eigenvalue weighted by molar-refractivity contribution is -0.138. The number of halogens is 5. The van der Waals surface area contributed by atoms with Crippen LogP contribution in [0.1, 0.15) is 22.7 Å². The third kappa shape index (κ3) is 3.42. The van der Waals surface area contributed by atoms with E-state index in [9.17, 15) is 17.6 Å². The number of benzene rings is 2. The van der Waals surface area contributed by atoms with Gasteiger partial charge in [0.25, 0.3) is 0 Å². The van der Waals surface area contributed by atoms with Gasteiger partial charge in [0.2, 0.25) is 0 Å². The van der Waals surface area contributed by atoms with Crippen molar-refractivity contribution >= 4 is 15.9 Å². The van der Waals surface area contributed by atoms with E-state index in [4.69, 9.17) is 5.84 Å². The van der Waals surface area contributed by atoms with E-state index in [1.54, 1.807) is 0 Å². The normalized spacial score (nSPS) is 13.2. The van der Waals surface area contributed by atoms with Crippen LogP contribution in [0.25, 0.3) is 0 Å². The van der Waals surface area contributed by atoms with E-state index in [-0.39, 0.29) is 15.6 Å². The average Bonchev–Trinajstić information content (AvgIpc) is 2.42. The first kappa shape index (κ1) is 15.9. The number of rotatable bonds is 3. The summed E-state index contributed by atoms with van der Waals surface area (Å²) in [5.74, 6) is 4.73. The molecule has 2 aromatic rings. The van der Waals surface area contributed by atoms with Gasteiger partial charge in [-0.3, -0.25) is 5.84 Å². The lowest BCUT2D eigenvalue weighted by atomic mass is 9.94. The molecule has 0 aliphatic heterocycles. The van der Waals surface area contributed by atoms with Crippen LogP contribution in [0, 0.1) is 5.82 Å². The highest BCUT2D eigenvalue weighted by molar-refractivity contribution is 9.10. The third-order valence-electron chi connectivity index (χ3n) is 3.01. The van der Waals surface area contributed by atoms with Crippen molar-refractivity contribution < 1.29 is 17.6 Å². The first-order chi connectivity index (χ1) is 9.84. The molecule has 0 aliphatic carbocycles. The largest absolute Gasteiger partial charge is 0.416 e. The fourth-order valence-corrected chi connectivity index (χ4v) is 2.44. The molecular formula is C14H11BrF4N2. The minimum Gasteiger partial charge on any atom is -0.271 e. The van der Waals surface area contributed by atoms with Gasteiger partial charge in [-0.1, -0.05) is 40.2 Å². The number of hydrogen-bond donors (Lipinski definition) is 2. The Kier molecular flexibility index (Phi) is 4.65. The zero-order valence-electron chi connectivity index (χ0n) is 10.6. The number of hydrogen-bond acceptors (Lipinski definition) is 2. The second-order valence-corrected chi connectivity index (χ2v) is 5.27. The first-order valence-electron chi connectivity index (χ1n) is 5.91. The molecule has 0 heterocycles. The Labute approximate surface area is 127 Å². The molecule has 2 aromatic carbocycles. The Hall–Kier alpha value is -1.44. The molecule has 3 N–H and O–H groups in total. The van der Waals surface area contributed by atoms with Crippen LogP contribution in [-0.2, 0) is 6.18 Å². The highest BCUT2D eigenvalue weighted by Gasteiger charge is 2.36. The van der Waals surface area contributed by atoms with Gasteiger partial charge in [-0.25, -0.2) is 9.82 Å². The summed E-state index contributed by atoms with van der Waals surface area (Å²) in [6.07, 6.45) is -4.57. The van der Waals surface area contributed by atoms with Gasteiger partial charge in [0.05, 0.1) is 11.6 Å². The lowest BCUT2D eigenvalue weighted by Crippen LogP contribution is -2.31. The van der Waals surface area contributed by atoms with E-state index in [2.05, 4.69) is 21.4 Å². The number of hydrazine groups is 1. The first-order valence-corrected chi connectivity index (χ1v) is 6.71. The minimum atomic E-state index is -4.57. The number of alkyl halides is 3. The summed E-state index contributed by atoms with van der Waals surface area (Å²) in [7, 11) is 0. The van der Waals surface area contributed by atoms with Gasteiger partial charge < -0.3 is 0 Å². The molecule has 0 saturated heterocycles. The van der Waals surface area contributed by atoms with Crippen LogP contribution in [0.2, 0.25) is 0 Å². The molecule has 0 bridgehead atoms. The van der Waals surface area contributed by atoms with Gasteiger partial charge in [0.15, 0.2) is 0 Å². The van der Waals surface area contributed by atoms with Crippen molar-refractivity contribution in [1.29, 1.82) is 0 Å². The maximum atomic E-state index is 13.8. The van der Waals surface area contributed by atoms with Crippen molar-refractivity contribution in [3.05, 3.63) is 69.4 Å². The number of nitrogens with two attached hydrogens (primary N) is 1. The maximum absolute atomic E-state index is 13.8. The molecule has 1 unspecified atom stereocenters. The Morgan fingerprint density at radius 1 is 1.05 bits per heavy atom. The quantitative estimate of drug-likeness (QED) is 0.488. The van der Waals surface area contributed by atoms with Crippen molar-refractivity contribution in [2.24, 2.45) is 5.84 Å². The summed E-state index contributed by atoms with van der Waals surface area (Å²) >= 11 is 3.00. The summed E-state index contributed by atoms with van der Waals surface area (Å²) in [4.78, 5) is 0. The molecule has 0 amide bonds. The van der Waals surface area contributed by atoms with Crippen molar-refractivity contribution in [2.75, 3.05) is 0 Å². The second kappa shape index (κ2) is 6.13. The molecular weight excluding hydrogens is 352 g/mol. The van der Waals surface area contributed by atoms with Crippen LogP contribution in [0.5, 0.6) is 0 Å². The van der Waals surface area contributed by atoms with Crippen LogP contribution >= 0.6 is 15.9 Å². The third-order valence-corrected chi connectivity index (χ3v) is 3.51. The van der Waals surface area contributed by atoms with Gasteiger partial charge in [-0.05, 0) is 23.8 Å². The zero-order valence-corrected chi connectivity index (χ0v) is 12.2. The number of nitrogens with one attached hydrogen (secondary N) is 1. The molecule has 2 nitrogen and oxygen atoms in total. The molecule has 0 fully saturated rings. The highest BCUT2D eigenvalue weighted by Crippen LogP contribution is 2.38. The van der Waals surface area contributed by atoms with E-state index in [1.165, 1.54) is 36.4 Å². The molecule has 7 heteroatoms. The SMILES string of the molecule is NNC(c1ccccc1F)c1ccc(Br)cc1C(F)(F)F. The van der Waals surface area contributed by atoms with Crippen molar-refractivity contribution in [2.45, 2.75) is 12.2 Å². The van der Waals surface area contributed by atoms with E-state index < -0.39 is 23.6 Å². The summed E-state index contributed by atoms with van der Waals surface area (Å²) in [6.45, 7) is 0. The Morgan fingerprint density at radius 3 is 2.29 bits per heavy atom. The molecule has 0 aliphatic rings. The van der Waals surface area contributed by atoms with E-state index in [0.717, 1.165) is 6.07 Å².